The van der Waals surface area contributed by atoms with Crippen LogP contribution in [0.15, 0.2) is 0 Å². The second-order valence-corrected chi connectivity index (χ2v) is 4.09. The van der Waals surface area contributed by atoms with Crippen molar-refractivity contribution in [3.63, 3.8) is 0 Å². The lowest BCUT2D eigenvalue weighted by atomic mass is 10.1. The van der Waals surface area contributed by atoms with Crippen LogP contribution in [-0.4, -0.2) is 21.5 Å². The van der Waals surface area contributed by atoms with E-state index in [4.69, 9.17) is 0 Å². The van der Waals surface area contributed by atoms with Gasteiger partial charge >= 0.3 is 0 Å². The Morgan fingerprint density at radius 3 is 2.56 bits per heavy atom. The highest BCUT2D eigenvalue weighted by Crippen LogP contribution is 2.17. The number of carbonyl (C=O) groups is 1. The van der Waals surface area contributed by atoms with Gasteiger partial charge in [0.25, 0.3) is 0 Å². The SMILES string of the molecule is CC(=O)CC1CS(=O)C1. The molecule has 0 amide bonds. The maximum Gasteiger partial charge on any atom is 0.130 e. The molecule has 0 aromatic rings. The van der Waals surface area contributed by atoms with Gasteiger partial charge in [-0.1, -0.05) is 0 Å². The fraction of sp³-hybridized carbons (Fsp3) is 0.833. The van der Waals surface area contributed by atoms with Gasteiger partial charge in [-0.25, -0.2) is 0 Å². The van der Waals surface area contributed by atoms with Crippen molar-refractivity contribution in [1.82, 2.24) is 0 Å². The molecule has 1 rings (SSSR count). The number of ketones is 1. The third kappa shape index (κ3) is 1.90. The fourth-order valence-corrected chi connectivity index (χ4v) is 2.19. The minimum absolute atomic E-state index is 0.219. The maximum absolute atomic E-state index is 10.5. The summed E-state index contributed by atoms with van der Waals surface area (Å²) in [6.07, 6.45) is 0.631. The minimum Gasteiger partial charge on any atom is -0.300 e. The molecule has 0 aromatic heterocycles. The largest absolute Gasteiger partial charge is 0.300 e. The van der Waals surface area contributed by atoms with Crippen molar-refractivity contribution in [2.75, 3.05) is 11.5 Å². The van der Waals surface area contributed by atoms with Gasteiger partial charge in [-0.2, -0.15) is 0 Å². The number of hydrogen-bond donors (Lipinski definition) is 0. The van der Waals surface area contributed by atoms with Crippen LogP contribution < -0.4 is 0 Å². The number of rotatable bonds is 2. The van der Waals surface area contributed by atoms with Crippen molar-refractivity contribution in [3.8, 4) is 0 Å². The first-order chi connectivity index (χ1) is 4.18. The Morgan fingerprint density at radius 1 is 1.67 bits per heavy atom. The summed E-state index contributed by atoms with van der Waals surface area (Å²) in [5, 5.41) is 0. The molecule has 9 heavy (non-hydrogen) atoms. The Morgan fingerprint density at radius 2 is 2.22 bits per heavy atom. The van der Waals surface area contributed by atoms with E-state index in [1.54, 1.807) is 6.92 Å². The van der Waals surface area contributed by atoms with E-state index in [-0.39, 0.29) is 5.78 Å². The number of Topliss-reactive ketones (excluding diaryl/α,β-unsaturated/α-hetero) is 1. The van der Waals surface area contributed by atoms with Crippen molar-refractivity contribution >= 4 is 16.6 Å². The Hall–Kier alpha value is -0.180. The van der Waals surface area contributed by atoms with Crippen molar-refractivity contribution in [2.45, 2.75) is 13.3 Å². The molecule has 1 saturated heterocycles. The molecule has 52 valence electrons. The molecule has 0 radical (unpaired) electrons. The molecule has 1 fully saturated rings. The molecule has 0 unspecified atom stereocenters. The molecular weight excluding hydrogens is 136 g/mol. The minimum atomic E-state index is -0.591. The van der Waals surface area contributed by atoms with Crippen LogP contribution in [0.3, 0.4) is 0 Å². The standard InChI is InChI=1S/C6H10O2S/c1-5(7)2-6-3-9(8)4-6/h6H,2-4H2,1H3. The van der Waals surface area contributed by atoms with E-state index in [0.717, 1.165) is 11.5 Å². The predicted molar refractivity (Wildman–Crippen MR) is 36.7 cm³/mol. The molecule has 0 saturated carbocycles. The highest BCUT2D eigenvalue weighted by molar-refractivity contribution is 7.86. The van der Waals surface area contributed by atoms with Crippen molar-refractivity contribution in [2.24, 2.45) is 5.92 Å². The summed E-state index contributed by atoms with van der Waals surface area (Å²) in [7, 11) is -0.591. The van der Waals surface area contributed by atoms with Gasteiger partial charge in [-0.3, -0.25) is 4.21 Å². The molecule has 1 aliphatic heterocycles. The molecule has 0 bridgehead atoms. The average molecular weight is 146 g/mol. The monoisotopic (exact) mass is 146 g/mol. The average Bonchev–Trinajstić information content (AvgIpc) is 1.60. The van der Waals surface area contributed by atoms with Gasteiger partial charge in [-0.15, -0.1) is 0 Å². The van der Waals surface area contributed by atoms with Gasteiger partial charge in [0.05, 0.1) is 0 Å². The van der Waals surface area contributed by atoms with E-state index in [1.807, 2.05) is 0 Å². The van der Waals surface area contributed by atoms with Crippen LogP contribution in [-0.2, 0) is 15.6 Å². The molecule has 0 aromatic carbocycles. The van der Waals surface area contributed by atoms with Gasteiger partial charge in [0.2, 0.25) is 0 Å². The fourth-order valence-electron chi connectivity index (χ4n) is 1.00. The van der Waals surface area contributed by atoms with Gasteiger partial charge in [0.1, 0.15) is 5.78 Å². The van der Waals surface area contributed by atoms with Crippen LogP contribution in [0.4, 0.5) is 0 Å². The van der Waals surface area contributed by atoms with Crippen LogP contribution in [0.25, 0.3) is 0 Å². The normalized spacial score (nSPS) is 33.4. The molecule has 0 aliphatic carbocycles. The zero-order valence-electron chi connectivity index (χ0n) is 5.42. The van der Waals surface area contributed by atoms with Gasteiger partial charge in [0, 0.05) is 28.7 Å². The van der Waals surface area contributed by atoms with E-state index >= 15 is 0 Å². The summed E-state index contributed by atoms with van der Waals surface area (Å²) < 4.78 is 10.5. The molecular formula is C6H10O2S. The molecule has 1 heterocycles. The lowest BCUT2D eigenvalue weighted by Crippen LogP contribution is -2.32. The molecule has 0 N–H and O–H groups in total. The second kappa shape index (κ2) is 2.60. The highest BCUT2D eigenvalue weighted by Gasteiger charge is 2.25. The van der Waals surface area contributed by atoms with E-state index in [0.29, 0.717) is 12.3 Å². The zero-order valence-corrected chi connectivity index (χ0v) is 6.24. The van der Waals surface area contributed by atoms with Crippen molar-refractivity contribution in [1.29, 1.82) is 0 Å². The second-order valence-electron chi connectivity index (χ2n) is 2.55. The van der Waals surface area contributed by atoms with E-state index < -0.39 is 10.8 Å². The Labute approximate surface area is 57.1 Å². The van der Waals surface area contributed by atoms with Crippen LogP contribution in [0.5, 0.6) is 0 Å². The van der Waals surface area contributed by atoms with Gasteiger partial charge in [-0.05, 0) is 12.8 Å². The lowest BCUT2D eigenvalue weighted by molar-refractivity contribution is -0.117. The molecule has 0 atom stereocenters. The molecule has 0 spiro atoms. The quantitative estimate of drug-likeness (QED) is 0.563. The predicted octanol–water partition coefficient (Wildman–Crippen LogP) is 0.344. The first kappa shape index (κ1) is 6.93. The molecule has 1 aliphatic rings. The van der Waals surface area contributed by atoms with Crippen LogP contribution >= 0.6 is 0 Å². The van der Waals surface area contributed by atoms with Crippen LogP contribution in [0.2, 0.25) is 0 Å². The molecule has 3 heteroatoms. The van der Waals surface area contributed by atoms with Crippen molar-refractivity contribution < 1.29 is 9.00 Å². The first-order valence-electron chi connectivity index (χ1n) is 3.03. The zero-order chi connectivity index (χ0) is 6.85. The summed E-state index contributed by atoms with van der Waals surface area (Å²) in [5.41, 5.74) is 0. The smallest absolute Gasteiger partial charge is 0.130 e. The summed E-state index contributed by atoms with van der Waals surface area (Å²) in [6.45, 7) is 1.58. The van der Waals surface area contributed by atoms with E-state index in [2.05, 4.69) is 0 Å². The van der Waals surface area contributed by atoms with Crippen LogP contribution in [0.1, 0.15) is 13.3 Å². The molecule has 2 nitrogen and oxygen atoms in total. The van der Waals surface area contributed by atoms with Gasteiger partial charge < -0.3 is 4.79 Å². The summed E-state index contributed by atoms with van der Waals surface area (Å²) in [6, 6.07) is 0. The van der Waals surface area contributed by atoms with E-state index in [1.165, 1.54) is 0 Å². The maximum atomic E-state index is 10.5. The third-order valence-electron chi connectivity index (χ3n) is 1.42. The van der Waals surface area contributed by atoms with Crippen LogP contribution in [0, 0.1) is 5.92 Å². The summed E-state index contributed by atoms with van der Waals surface area (Å²) in [4.78, 5) is 10.5. The number of carbonyl (C=O) groups excluding carboxylic acids is 1. The van der Waals surface area contributed by atoms with Crippen molar-refractivity contribution in [3.05, 3.63) is 0 Å². The summed E-state index contributed by atoms with van der Waals surface area (Å²) in [5.74, 6) is 2.15. The topological polar surface area (TPSA) is 34.1 Å². The Kier molecular flexibility index (Phi) is 2.01. The lowest BCUT2D eigenvalue weighted by Gasteiger charge is -2.22. The third-order valence-corrected chi connectivity index (χ3v) is 3.11. The Bertz CT molecular complexity index is 145. The van der Waals surface area contributed by atoms with E-state index in [9.17, 15) is 9.00 Å². The Balaban J connectivity index is 2.18. The van der Waals surface area contributed by atoms with Gasteiger partial charge in [0.15, 0.2) is 0 Å². The number of hydrogen-bond acceptors (Lipinski definition) is 2. The first-order valence-corrected chi connectivity index (χ1v) is 4.51. The summed E-state index contributed by atoms with van der Waals surface area (Å²) >= 11 is 0. The highest BCUT2D eigenvalue weighted by atomic mass is 32.2.